The third-order valence-electron chi connectivity index (χ3n) is 3.36. The molecule has 1 aliphatic heterocycles. The van der Waals surface area contributed by atoms with Crippen molar-refractivity contribution < 1.29 is 4.79 Å². The largest absolute Gasteiger partial charge is 0.298 e. The second kappa shape index (κ2) is 3.79. The lowest BCUT2D eigenvalue weighted by molar-refractivity contribution is -0.121. The number of carbonyl (C=O) groups excluding carboxylic acids is 1. The Balaban J connectivity index is 1.73. The fourth-order valence-electron chi connectivity index (χ4n) is 2.14. The van der Waals surface area contributed by atoms with Crippen molar-refractivity contribution in [1.29, 1.82) is 0 Å². The lowest BCUT2D eigenvalue weighted by atomic mass is 10.1. The van der Waals surface area contributed by atoms with Crippen LogP contribution in [0, 0.1) is 11.8 Å². The highest BCUT2D eigenvalue weighted by Crippen LogP contribution is 2.30. The minimum Gasteiger partial charge on any atom is -0.298 e. The molecule has 0 amide bonds. The van der Waals surface area contributed by atoms with Crippen LogP contribution in [0.4, 0.5) is 0 Å². The van der Waals surface area contributed by atoms with Gasteiger partial charge < -0.3 is 0 Å². The average molecular weight is 181 g/mol. The van der Waals surface area contributed by atoms with Crippen molar-refractivity contribution >= 4 is 5.78 Å². The molecule has 1 saturated carbocycles. The normalized spacial score (nSPS) is 29.5. The van der Waals surface area contributed by atoms with E-state index in [0.717, 1.165) is 38.4 Å². The average Bonchev–Trinajstić information content (AvgIpc) is 2.88. The topological polar surface area (TPSA) is 20.3 Å². The summed E-state index contributed by atoms with van der Waals surface area (Å²) in [6.07, 6.45) is 4.89. The van der Waals surface area contributed by atoms with Gasteiger partial charge in [-0.25, -0.2) is 0 Å². The molecule has 2 nitrogen and oxygen atoms in total. The van der Waals surface area contributed by atoms with E-state index in [4.69, 9.17) is 0 Å². The predicted molar refractivity (Wildman–Crippen MR) is 52.6 cm³/mol. The maximum atomic E-state index is 11.5. The minimum atomic E-state index is 0.445. The fraction of sp³-hybridized carbons (Fsp3) is 0.909. The van der Waals surface area contributed by atoms with Crippen molar-refractivity contribution in [2.24, 2.45) is 11.8 Å². The number of carbonyl (C=O) groups is 1. The Morgan fingerprint density at radius 1 is 1.38 bits per heavy atom. The van der Waals surface area contributed by atoms with Crippen LogP contribution in [0.5, 0.6) is 0 Å². The molecule has 1 unspecified atom stereocenters. The first-order valence-corrected chi connectivity index (χ1v) is 5.54. The van der Waals surface area contributed by atoms with Crippen LogP contribution >= 0.6 is 0 Å². The highest BCUT2D eigenvalue weighted by atomic mass is 16.1. The van der Waals surface area contributed by atoms with Gasteiger partial charge in [-0.05, 0) is 31.7 Å². The highest BCUT2D eigenvalue weighted by Gasteiger charge is 2.32. The first-order valence-electron chi connectivity index (χ1n) is 5.54. The van der Waals surface area contributed by atoms with E-state index in [2.05, 4.69) is 11.8 Å². The summed E-state index contributed by atoms with van der Waals surface area (Å²) in [6, 6.07) is 0. The second-order valence-corrected chi connectivity index (χ2v) is 4.54. The van der Waals surface area contributed by atoms with E-state index < -0.39 is 0 Å². The van der Waals surface area contributed by atoms with Gasteiger partial charge in [-0.15, -0.1) is 0 Å². The van der Waals surface area contributed by atoms with E-state index in [1.54, 1.807) is 0 Å². The first-order chi connectivity index (χ1) is 6.29. The van der Waals surface area contributed by atoms with Gasteiger partial charge in [-0.1, -0.05) is 13.3 Å². The van der Waals surface area contributed by atoms with E-state index in [-0.39, 0.29) is 0 Å². The van der Waals surface area contributed by atoms with E-state index >= 15 is 0 Å². The molecule has 1 heterocycles. The summed E-state index contributed by atoms with van der Waals surface area (Å²) < 4.78 is 0. The molecule has 1 aliphatic carbocycles. The van der Waals surface area contributed by atoms with Crippen LogP contribution in [-0.2, 0) is 4.79 Å². The van der Waals surface area contributed by atoms with E-state index in [0.29, 0.717) is 11.7 Å². The zero-order valence-corrected chi connectivity index (χ0v) is 8.46. The number of Topliss-reactive ketones (excluding diaryl/α,β-unsaturated/α-hetero) is 1. The van der Waals surface area contributed by atoms with Crippen molar-refractivity contribution in [3.8, 4) is 0 Å². The van der Waals surface area contributed by atoms with Crippen LogP contribution in [0.3, 0.4) is 0 Å². The second-order valence-electron chi connectivity index (χ2n) is 4.54. The first kappa shape index (κ1) is 9.20. The monoisotopic (exact) mass is 181 g/mol. The molecule has 2 fully saturated rings. The molecule has 74 valence electrons. The molecule has 0 N–H and O–H groups in total. The lowest BCUT2D eigenvalue weighted by Gasteiger charge is -2.13. The SMILES string of the molecule is CCC1CCN(CC(=O)C2CC2)C1. The van der Waals surface area contributed by atoms with Gasteiger partial charge in [-0.3, -0.25) is 9.69 Å². The van der Waals surface area contributed by atoms with Gasteiger partial charge in [0.05, 0.1) is 6.54 Å². The summed E-state index contributed by atoms with van der Waals surface area (Å²) in [7, 11) is 0. The number of ketones is 1. The molecule has 0 aromatic rings. The molecule has 0 aromatic carbocycles. The van der Waals surface area contributed by atoms with Crippen LogP contribution in [0.1, 0.15) is 32.6 Å². The Kier molecular flexibility index (Phi) is 2.68. The summed E-state index contributed by atoms with van der Waals surface area (Å²) in [5, 5.41) is 0. The fourth-order valence-corrected chi connectivity index (χ4v) is 2.14. The molecular weight excluding hydrogens is 162 g/mol. The Bertz CT molecular complexity index is 198. The van der Waals surface area contributed by atoms with Gasteiger partial charge in [-0.2, -0.15) is 0 Å². The Labute approximate surface area is 80.3 Å². The molecule has 2 rings (SSSR count). The molecule has 0 bridgehead atoms. The standard InChI is InChI=1S/C11H19NO/c1-2-9-5-6-12(7-9)8-11(13)10-3-4-10/h9-10H,2-8H2,1H3. The van der Waals surface area contributed by atoms with Gasteiger partial charge in [0.25, 0.3) is 0 Å². The summed E-state index contributed by atoms with van der Waals surface area (Å²) in [5.41, 5.74) is 0. The number of hydrogen-bond acceptors (Lipinski definition) is 2. The Morgan fingerprint density at radius 2 is 2.15 bits per heavy atom. The minimum absolute atomic E-state index is 0.445. The maximum absolute atomic E-state index is 11.5. The van der Waals surface area contributed by atoms with Crippen molar-refractivity contribution in [1.82, 2.24) is 4.90 Å². The van der Waals surface area contributed by atoms with Crippen LogP contribution in [0.15, 0.2) is 0 Å². The number of nitrogens with zero attached hydrogens (tertiary/aromatic N) is 1. The summed E-state index contributed by atoms with van der Waals surface area (Å²) in [4.78, 5) is 13.9. The predicted octanol–water partition coefficient (Wildman–Crippen LogP) is 1.70. The third kappa shape index (κ3) is 2.31. The smallest absolute Gasteiger partial charge is 0.149 e. The molecule has 2 heteroatoms. The van der Waals surface area contributed by atoms with Gasteiger partial charge in [0.15, 0.2) is 0 Å². The van der Waals surface area contributed by atoms with Gasteiger partial charge in [0.1, 0.15) is 5.78 Å². The van der Waals surface area contributed by atoms with Crippen LogP contribution in [0.2, 0.25) is 0 Å². The third-order valence-corrected chi connectivity index (χ3v) is 3.36. The van der Waals surface area contributed by atoms with Crippen LogP contribution in [-0.4, -0.2) is 30.3 Å². The van der Waals surface area contributed by atoms with Crippen LogP contribution in [0.25, 0.3) is 0 Å². The molecule has 1 atom stereocenters. The number of likely N-dealkylation sites (tertiary alicyclic amines) is 1. The summed E-state index contributed by atoms with van der Waals surface area (Å²) in [5.74, 6) is 1.80. The zero-order chi connectivity index (χ0) is 9.26. The van der Waals surface area contributed by atoms with E-state index in [1.165, 1.54) is 12.8 Å². The van der Waals surface area contributed by atoms with Gasteiger partial charge in [0, 0.05) is 12.5 Å². The number of hydrogen-bond donors (Lipinski definition) is 0. The maximum Gasteiger partial charge on any atom is 0.149 e. The van der Waals surface area contributed by atoms with Crippen molar-refractivity contribution in [3.63, 3.8) is 0 Å². The molecule has 1 saturated heterocycles. The molecule has 0 spiro atoms. The highest BCUT2D eigenvalue weighted by molar-refractivity contribution is 5.85. The molecule has 2 aliphatic rings. The lowest BCUT2D eigenvalue weighted by Crippen LogP contribution is -2.28. The van der Waals surface area contributed by atoms with Crippen molar-refractivity contribution in [3.05, 3.63) is 0 Å². The quantitative estimate of drug-likeness (QED) is 0.658. The number of rotatable bonds is 4. The Hall–Kier alpha value is -0.370. The molecule has 0 radical (unpaired) electrons. The van der Waals surface area contributed by atoms with Crippen LogP contribution < -0.4 is 0 Å². The van der Waals surface area contributed by atoms with E-state index in [9.17, 15) is 4.79 Å². The van der Waals surface area contributed by atoms with Crippen molar-refractivity contribution in [2.45, 2.75) is 32.6 Å². The zero-order valence-electron chi connectivity index (χ0n) is 8.46. The van der Waals surface area contributed by atoms with Gasteiger partial charge >= 0.3 is 0 Å². The van der Waals surface area contributed by atoms with Gasteiger partial charge in [0.2, 0.25) is 0 Å². The summed E-state index contributed by atoms with van der Waals surface area (Å²) >= 11 is 0. The molecular formula is C11H19NO. The Morgan fingerprint density at radius 3 is 2.69 bits per heavy atom. The van der Waals surface area contributed by atoms with Crippen molar-refractivity contribution in [2.75, 3.05) is 19.6 Å². The van der Waals surface area contributed by atoms with E-state index in [1.807, 2.05) is 0 Å². The molecule has 0 aromatic heterocycles. The molecule has 13 heavy (non-hydrogen) atoms. The summed E-state index contributed by atoms with van der Waals surface area (Å²) in [6.45, 7) is 5.30.